The molecule has 0 amide bonds. The second-order valence-electron chi connectivity index (χ2n) is 2.29. The van der Waals surface area contributed by atoms with Crippen LogP contribution in [0.1, 0.15) is 11.1 Å². The fourth-order valence-corrected chi connectivity index (χ4v) is 1.02. The van der Waals surface area contributed by atoms with Crippen LogP contribution in [0, 0.1) is 11.3 Å². The number of benzene rings is 1. The Morgan fingerprint density at radius 3 is 2.18 bits per heavy atom. The summed E-state index contributed by atoms with van der Waals surface area (Å²) in [6.07, 6.45) is 0.475. The summed E-state index contributed by atoms with van der Waals surface area (Å²) in [6.45, 7) is 0. The van der Waals surface area contributed by atoms with E-state index in [0.717, 1.165) is 11.1 Å². The van der Waals surface area contributed by atoms with Crippen LogP contribution in [0.25, 0.3) is 0 Å². The highest BCUT2D eigenvalue weighted by atomic mass is 35.5. The van der Waals surface area contributed by atoms with Gasteiger partial charge in [0, 0.05) is 5.88 Å². The average molecular weight is 166 g/mol. The zero-order valence-electron chi connectivity index (χ0n) is 6.05. The summed E-state index contributed by atoms with van der Waals surface area (Å²) in [5, 5.41) is 8.37. The summed E-state index contributed by atoms with van der Waals surface area (Å²) in [7, 11) is 0. The summed E-state index contributed by atoms with van der Waals surface area (Å²) < 4.78 is 0. The van der Waals surface area contributed by atoms with E-state index in [1.807, 2.05) is 24.3 Å². The van der Waals surface area contributed by atoms with Crippen LogP contribution in [-0.4, -0.2) is 0 Å². The summed E-state index contributed by atoms with van der Waals surface area (Å²) >= 11 is 5.59. The van der Waals surface area contributed by atoms with E-state index >= 15 is 0 Å². The molecule has 56 valence electrons. The number of nitrogens with zero attached hydrogens (tertiary/aromatic N) is 1. The highest BCUT2D eigenvalue weighted by Gasteiger charge is 1.91. The summed E-state index contributed by atoms with van der Waals surface area (Å²) in [5.41, 5.74) is 2.13. The van der Waals surface area contributed by atoms with E-state index in [1.165, 1.54) is 0 Å². The second-order valence-corrected chi connectivity index (χ2v) is 2.55. The topological polar surface area (TPSA) is 23.8 Å². The minimum atomic E-state index is 0.475. The van der Waals surface area contributed by atoms with Crippen molar-refractivity contribution in [2.24, 2.45) is 0 Å². The van der Waals surface area contributed by atoms with Gasteiger partial charge in [-0.2, -0.15) is 5.26 Å². The molecule has 0 bridgehead atoms. The van der Waals surface area contributed by atoms with Crippen LogP contribution in [0.4, 0.5) is 0 Å². The van der Waals surface area contributed by atoms with E-state index < -0.39 is 0 Å². The summed E-state index contributed by atoms with van der Waals surface area (Å²) in [6, 6.07) is 9.84. The Hall–Kier alpha value is -1.00. The van der Waals surface area contributed by atoms with Gasteiger partial charge in [-0.1, -0.05) is 24.3 Å². The lowest BCUT2D eigenvalue weighted by Crippen LogP contribution is -1.82. The molecule has 0 atom stereocenters. The number of halogens is 1. The molecule has 0 heterocycles. The Morgan fingerprint density at radius 2 is 1.73 bits per heavy atom. The van der Waals surface area contributed by atoms with Crippen molar-refractivity contribution in [2.75, 3.05) is 0 Å². The molecule has 0 saturated heterocycles. The molecule has 0 fully saturated rings. The normalized spacial score (nSPS) is 9.09. The Bertz CT molecular complexity index is 258. The Labute approximate surface area is 71.2 Å². The van der Waals surface area contributed by atoms with Crippen molar-refractivity contribution in [3.05, 3.63) is 35.4 Å². The predicted molar refractivity (Wildman–Crippen MR) is 45.3 cm³/mol. The molecule has 11 heavy (non-hydrogen) atoms. The van der Waals surface area contributed by atoms with Gasteiger partial charge in [-0.3, -0.25) is 0 Å². The van der Waals surface area contributed by atoms with Crippen LogP contribution in [0.3, 0.4) is 0 Å². The molecule has 0 aliphatic rings. The van der Waals surface area contributed by atoms with Gasteiger partial charge in [-0.05, 0) is 11.1 Å². The fraction of sp³-hybridized carbons (Fsp3) is 0.222. The molecule has 0 aliphatic carbocycles. The number of hydrogen-bond donors (Lipinski definition) is 0. The smallest absolute Gasteiger partial charge is 0.0669 e. The molecule has 1 aromatic carbocycles. The Kier molecular flexibility index (Phi) is 2.95. The quantitative estimate of drug-likeness (QED) is 0.618. The van der Waals surface area contributed by atoms with E-state index in [4.69, 9.17) is 16.9 Å². The van der Waals surface area contributed by atoms with Crippen molar-refractivity contribution in [1.82, 2.24) is 0 Å². The SMILES string of the molecule is N#CCc1ccc(CCl)cc1. The Morgan fingerprint density at radius 1 is 1.18 bits per heavy atom. The molecule has 2 heteroatoms. The number of nitriles is 1. The number of alkyl halides is 1. The van der Waals surface area contributed by atoms with Gasteiger partial charge < -0.3 is 0 Å². The van der Waals surface area contributed by atoms with Gasteiger partial charge in [0.2, 0.25) is 0 Å². The van der Waals surface area contributed by atoms with Crippen LogP contribution in [-0.2, 0) is 12.3 Å². The van der Waals surface area contributed by atoms with Gasteiger partial charge in [0.1, 0.15) is 0 Å². The van der Waals surface area contributed by atoms with Gasteiger partial charge >= 0.3 is 0 Å². The van der Waals surface area contributed by atoms with E-state index in [2.05, 4.69) is 6.07 Å². The molecule has 0 saturated carbocycles. The number of hydrogen-bond acceptors (Lipinski definition) is 1. The van der Waals surface area contributed by atoms with Crippen molar-refractivity contribution in [3.63, 3.8) is 0 Å². The first-order valence-electron chi connectivity index (χ1n) is 3.37. The first kappa shape index (κ1) is 8.10. The van der Waals surface area contributed by atoms with Crippen molar-refractivity contribution < 1.29 is 0 Å². The molecule has 0 N–H and O–H groups in total. The van der Waals surface area contributed by atoms with Crippen molar-refractivity contribution in [1.29, 1.82) is 5.26 Å². The van der Waals surface area contributed by atoms with Crippen molar-refractivity contribution in [3.8, 4) is 6.07 Å². The molecule has 0 spiro atoms. The van der Waals surface area contributed by atoms with E-state index in [0.29, 0.717) is 12.3 Å². The summed E-state index contributed by atoms with van der Waals surface area (Å²) in [5.74, 6) is 0.535. The van der Waals surface area contributed by atoms with Crippen LogP contribution in [0.2, 0.25) is 0 Å². The zero-order chi connectivity index (χ0) is 8.10. The highest BCUT2D eigenvalue weighted by Crippen LogP contribution is 2.06. The third-order valence-corrected chi connectivity index (χ3v) is 1.77. The summed E-state index contributed by atoms with van der Waals surface area (Å²) in [4.78, 5) is 0. The molecular formula is C9H8ClN. The van der Waals surface area contributed by atoms with Crippen molar-refractivity contribution in [2.45, 2.75) is 12.3 Å². The van der Waals surface area contributed by atoms with Gasteiger partial charge in [-0.15, -0.1) is 11.6 Å². The zero-order valence-corrected chi connectivity index (χ0v) is 6.80. The third kappa shape index (κ3) is 2.25. The van der Waals surface area contributed by atoms with Crippen LogP contribution in [0.15, 0.2) is 24.3 Å². The van der Waals surface area contributed by atoms with E-state index in [-0.39, 0.29) is 0 Å². The lowest BCUT2D eigenvalue weighted by atomic mass is 10.1. The van der Waals surface area contributed by atoms with Crippen molar-refractivity contribution >= 4 is 11.6 Å². The maximum Gasteiger partial charge on any atom is 0.0669 e. The minimum Gasteiger partial charge on any atom is -0.198 e. The molecule has 1 nitrogen and oxygen atoms in total. The number of rotatable bonds is 2. The van der Waals surface area contributed by atoms with Crippen LogP contribution in [0.5, 0.6) is 0 Å². The lowest BCUT2D eigenvalue weighted by Gasteiger charge is -1.95. The molecule has 0 unspecified atom stereocenters. The second kappa shape index (κ2) is 4.00. The first-order valence-corrected chi connectivity index (χ1v) is 3.91. The Balaban J connectivity index is 2.76. The average Bonchev–Trinajstić information content (AvgIpc) is 2.07. The monoisotopic (exact) mass is 165 g/mol. The van der Waals surface area contributed by atoms with Gasteiger partial charge in [-0.25, -0.2) is 0 Å². The molecule has 0 aromatic heterocycles. The predicted octanol–water partition coefficient (Wildman–Crippen LogP) is 2.49. The van der Waals surface area contributed by atoms with Gasteiger partial charge in [0.05, 0.1) is 12.5 Å². The van der Waals surface area contributed by atoms with Gasteiger partial charge in [0.15, 0.2) is 0 Å². The molecular weight excluding hydrogens is 158 g/mol. The maximum absolute atomic E-state index is 8.37. The molecule has 0 radical (unpaired) electrons. The standard InChI is InChI=1S/C9H8ClN/c10-7-9-3-1-8(2-4-9)5-6-11/h1-4H,5,7H2. The first-order chi connectivity index (χ1) is 5.36. The van der Waals surface area contributed by atoms with E-state index in [1.54, 1.807) is 0 Å². The molecule has 1 aromatic rings. The largest absolute Gasteiger partial charge is 0.198 e. The third-order valence-electron chi connectivity index (χ3n) is 1.46. The molecule has 0 aliphatic heterocycles. The molecule has 1 rings (SSSR count). The minimum absolute atomic E-state index is 0.475. The van der Waals surface area contributed by atoms with Gasteiger partial charge in [0.25, 0.3) is 0 Å². The van der Waals surface area contributed by atoms with Crippen LogP contribution >= 0.6 is 11.6 Å². The maximum atomic E-state index is 8.37. The lowest BCUT2D eigenvalue weighted by molar-refractivity contribution is 1.25. The fourth-order valence-electron chi connectivity index (χ4n) is 0.837. The highest BCUT2D eigenvalue weighted by molar-refractivity contribution is 6.17. The van der Waals surface area contributed by atoms with E-state index in [9.17, 15) is 0 Å². The van der Waals surface area contributed by atoms with Crippen LogP contribution < -0.4 is 0 Å².